The van der Waals surface area contributed by atoms with Crippen LogP contribution in [0.3, 0.4) is 0 Å². The molecular weight excluding hydrogens is 311 g/mol. The maximum Gasteiger partial charge on any atom is 0.336 e. The minimum Gasteiger partial charge on any atom is -0.478 e. The number of aromatic nitrogens is 2. The number of hydrogen-bond donors (Lipinski definition) is 2. The largest absolute Gasteiger partial charge is 0.478 e. The van der Waals surface area contributed by atoms with Crippen molar-refractivity contribution >= 4 is 33.7 Å². The van der Waals surface area contributed by atoms with Gasteiger partial charge in [0.15, 0.2) is 11.0 Å². The van der Waals surface area contributed by atoms with Gasteiger partial charge in [0, 0.05) is 12.4 Å². The van der Waals surface area contributed by atoms with Gasteiger partial charge in [-0.25, -0.2) is 14.2 Å². The van der Waals surface area contributed by atoms with E-state index in [2.05, 4.69) is 25.9 Å². The van der Waals surface area contributed by atoms with Crippen LogP contribution in [0.4, 0.5) is 4.39 Å². The van der Waals surface area contributed by atoms with Crippen molar-refractivity contribution in [2.45, 2.75) is 10.1 Å². The Balaban J connectivity index is 2.37. The zero-order valence-corrected chi connectivity index (χ0v) is 10.7. The summed E-state index contributed by atoms with van der Waals surface area (Å²) in [6.45, 7) is 0. The zero-order valence-electron chi connectivity index (χ0n) is 8.28. The minimum absolute atomic E-state index is 0.0541. The van der Waals surface area contributed by atoms with Crippen LogP contribution in [-0.2, 0) is 0 Å². The molecule has 0 spiro atoms. The second-order valence-electron chi connectivity index (χ2n) is 3.04. The Labute approximate surface area is 108 Å². The highest BCUT2D eigenvalue weighted by atomic mass is 79.9. The number of aromatic carboxylic acids is 1. The minimum atomic E-state index is -1.18. The van der Waals surface area contributed by atoms with Crippen molar-refractivity contribution in [3.63, 3.8) is 0 Å². The third-order valence-corrected chi connectivity index (χ3v) is 3.68. The number of H-pyrrole nitrogens is 1. The van der Waals surface area contributed by atoms with E-state index in [0.717, 1.165) is 11.8 Å². The third kappa shape index (κ3) is 2.50. The zero-order chi connectivity index (χ0) is 12.4. The highest BCUT2D eigenvalue weighted by molar-refractivity contribution is 9.10. The molecule has 0 aliphatic heterocycles. The summed E-state index contributed by atoms with van der Waals surface area (Å²) >= 11 is 4.03. The summed E-state index contributed by atoms with van der Waals surface area (Å²) in [4.78, 5) is 17.9. The number of imidazole rings is 1. The van der Waals surface area contributed by atoms with Gasteiger partial charge in [-0.2, -0.15) is 0 Å². The van der Waals surface area contributed by atoms with E-state index in [4.69, 9.17) is 5.11 Å². The molecule has 0 aliphatic rings. The molecule has 4 nitrogen and oxygen atoms in total. The van der Waals surface area contributed by atoms with Gasteiger partial charge in [0.1, 0.15) is 0 Å². The predicted molar refractivity (Wildman–Crippen MR) is 63.8 cm³/mol. The van der Waals surface area contributed by atoms with Gasteiger partial charge in [0.05, 0.1) is 14.9 Å². The van der Waals surface area contributed by atoms with E-state index in [1.165, 1.54) is 12.1 Å². The molecule has 0 radical (unpaired) electrons. The van der Waals surface area contributed by atoms with E-state index in [9.17, 15) is 9.18 Å². The Hall–Kier alpha value is -1.34. The lowest BCUT2D eigenvalue weighted by molar-refractivity contribution is 0.0695. The van der Waals surface area contributed by atoms with E-state index in [-0.39, 0.29) is 10.0 Å². The molecule has 0 saturated carbocycles. The van der Waals surface area contributed by atoms with Gasteiger partial charge in [-0.15, -0.1) is 0 Å². The SMILES string of the molecule is O=C(O)c1ccc(Sc2ncc[nH]2)c(F)c1Br. The van der Waals surface area contributed by atoms with E-state index >= 15 is 0 Å². The Kier molecular flexibility index (Phi) is 3.49. The van der Waals surface area contributed by atoms with Crippen LogP contribution in [0.15, 0.2) is 39.1 Å². The number of halogens is 2. The van der Waals surface area contributed by atoms with E-state index in [1.54, 1.807) is 12.4 Å². The highest BCUT2D eigenvalue weighted by Crippen LogP contribution is 2.32. The smallest absolute Gasteiger partial charge is 0.336 e. The fourth-order valence-corrected chi connectivity index (χ4v) is 2.61. The first-order chi connectivity index (χ1) is 8.09. The summed E-state index contributed by atoms with van der Waals surface area (Å²) in [5, 5.41) is 9.36. The summed E-state index contributed by atoms with van der Waals surface area (Å²) < 4.78 is 13.8. The predicted octanol–water partition coefficient (Wildman–Crippen LogP) is 3.16. The summed E-state index contributed by atoms with van der Waals surface area (Å²) in [7, 11) is 0. The van der Waals surface area contributed by atoms with Gasteiger partial charge in [0.25, 0.3) is 0 Å². The fraction of sp³-hybridized carbons (Fsp3) is 0. The van der Waals surface area contributed by atoms with Crippen LogP contribution >= 0.6 is 27.7 Å². The van der Waals surface area contributed by atoms with Crippen molar-refractivity contribution in [3.8, 4) is 0 Å². The number of aromatic amines is 1. The summed E-state index contributed by atoms with van der Waals surface area (Å²) in [6.07, 6.45) is 3.18. The van der Waals surface area contributed by atoms with E-state index < -0.39 is 11.8 Å². The second kappa shape index (κ2) is 4.89. The molecule has 2 rings (SSSR count). The molecule has 7 heteroatoms. The molecular formula is C10H6BrFN2O2S. The molecule has 0 fully saturated rings. The van der Waals surface area contributed by atoms with Gasteiger partial charge in [-0.1, -0.05) is 0 Å². The average Bonchev–Trinajstić information content (AvgIpc) is 2.77. The van der Waals surface area contributed by atoms with E-state index in [1.807, 2.05) is 0 Å². The molecule has 88 valence electrons. The molecule has 0 bridgehead atoms. The van der Waals surface area contributed by atoms with Crippen molar-refractivity contribution < 1.29 is 14.3 Å². The number of nitrogens with zero attached hydrogens (tertiary/aromatic N) is 1. The summed E-state index contributed by atoms with van der Waals surface area (Å²) in [6, 6.07) is 2.76. The van der Waals surface area contributed by atoms with Crippen molar-refractivity contribution in [2.24, 2.45) is 0 Å². The van der Waals surface area contributed by atoms with Crippen LogP contribution in [0.25, 0.3) is 0 Å². The number of carboxylic acids is 1. The van der Waals surface area contributed by atoms with Gasteiger partial charge in [0.2, 0.25) is 0 Å². The van der Waals surface area contributed by atoms with Gasteiger partial charge < -0.3 is 10.1 Å². The number of benzene rings is 1. The van der Waals surface area contributed by atoms with Gasteiger partial charge >= 0.3 is 5.97 Å². The third-order valence-electron chi connectivity index (χ3n) is 1.96. The molecule has 1 heterocycles. The lowest BCUT2D eigenvalue weighted by atomic mass is 10.2. The molecule has 0 amide bonds. The highest BCUT2D eigenvalue weighted by Gasteiger charge is 2.16. The molecule has 1 aromatic heterocycles. The number of carbonyl (C=O) groups is 1. The normalized spacial score (nSPS) is 10.5. The van der Waals surface area contributed by atoms with Gasteiger partial charge in [-0.05, 0) is 39.8 Å². The standard InChI is InChI=1S/C10H6BrFN2O2S/c11-7-5(9(15)16)1-2-6(8(7)12)17-10-13-3-4-14-10/h1-4H,(H,13,14)(H,15,16). The maximum absolute atomic E-state index is 13.8. The number of carboxylic acid groups (broad SMARTS) is 1. The molecule has 2 N–H and O–H groups in total. The first-order valence-corrected chi connectivity index (χ1v) is 6.09. The molecule has 17 heavy (non-hydrogen) atoms. The van der Waals surface area contributed by atoms with Crippen molar-refractivity contribution in [2.75, 3.05) is 0 Å². The van der Waals surface area contributed by atoms with Crippen LogP contribution in [0, 0.1) is 5.82 Å². The first-order valence-electron chi connectivity index (χ1n) is 4.48. The quantitative estimate of drug-likeness (QED) is 0.912. The molecule has 0 saturated heterocycles. The summed E-state index contributed by atoms with van der Waals surface area (Å²) in [5.74, 6) is -1.78. The van der Waals surface area contributed by atoms with Crippen LogP contribution in [0.1, 0.15) is 10.4 Å². The van der Waals surface area contributed by atoms with Crippen LogP contribution in [0.2, 0.25) is 0 Å². The lowest BCUT2D eigenvalue weighted by Crippen LogP contribution is -2.00. The van der Waals surface area contributed by atoms with Crippen molar-refractivity contribution in [3.05, 3.63) is 40.4 Å². The van der Waals surface area contributed by atoms with Crippen LogP contribution in [-0.4, -0.2) is 21.0 Å². The van der Waals surface area contributed by atoms with Gasteiger partial charge in [-0.3, -0.25) is 0 Å². The molecule has 2 aromatic rings. The molecule has 0 atom stereocenters. The Morgan fingerprint density at radius 3 is 2.88 bits per heavy atom. The molecule has 0 unspecified atom stereocenters. The summed E-state index contributed by atoms with van der Waals surface area (Å²) in [5.41, 5.74) is -0.105. The topological polar surface area (TPSA) is 66.0 Å². The van der Waals surface area contributed by atoms with Crippen molar-refractivity contribution in [1.82, 2.24) is 9.97 Å². The Morgan fingerprint density at radius 1 is 1.53 bits per heavy atom. The number of rotatable bonds is 3. The number of nitrogens with one attached hydrogen (secondary N) is 1. The van der Waals surface area contributed by atoms with E-state index in [0.29, 0.717) is 10.1 Å². The molecule has 1 aromatic carbocycles. The second-order valence-corrected chi connectivity index (χ2v) is 4.86. The van der Waals surface area contributed by atoms with Crippen LogP contribution < -0.4 is 0 Å². The fourth-order valence-electron chi connectivity index (χ4n) is 1.19. The monoisotopic (exact) mass is 316 g/mol. The van der Waals surface area contributed by atoms with Crippen LogP contribution in [0.5, 0.6) is 0 Å². The lowest BCUT2D eigenvalue weighted by Gasteiger charge is -2.05. The molecule has 0 aliphatic carbocycles. The van der Waals surface area contributed by atoms with Crippen molar-refractivity contribution in [1.29, 1.82) is 0 Å². The maximum atomic E-state index is 13.8. The Morgan fingerprint density at radius 2 is 2.29 bits per heavy atom. The average molecular weight is 317 g/mol. The first kappa shape index (κ1) is 12.1. The number of hydrogen-bond acceptors (Lipinski definition) is 3. The Bertz CT molecular complexity index is 560.